The van der Waals surface area contributed by atoms with Crippen molar-refractivity contribution in [2.75, 3.05) is 19.7 Å². The van der Waals surface area contributed by atoms with Crippen LogP contribution in [0.25, 0.3) is 5.65 Å². The van der Waals surface area contributed by atoms with E-state index in [1.807, 2.05) is 25.1 Å². The van der Waals surface area contributed by atoms with E-state index < -0.39 is 11.7 Å². The molecule has 0 spiro atoms. The van der Waals surface area contributed by atoms with Crippen molar-refractivity contribution in [1.82, 2.24) is 19.5 Å². The zero-order valence-corrected chi connectivity index (χ0v) is 16.6. The summed E-state index contributed by atoms with van der Waals surface area (Å²) in [7, 11) is 0. The van der Waals surface area contributed by atoms with Crippen LogP contribution in [0.2, 0.25) is 0 Å². The van der Waals surface area contributed by atoms with Gasteiger partial charge in [-0.2, -0.15) is 13.2 Å². The van der Waals surface area contributed by atoms with E-state index >= 15 is 0 Å². The van der Waals surface area contributed by atoms with Gasteiger partial charge in [-0.3, -0.25) is 9.30 Å². The van der Waals surface area contributed by atoms with Crippen LogP contribution in [0.15, 0.2) is 42.6 Å². The van der Waals surface area contributed by atoms with Gasteiger partial charge in [0.1, 0.15) is 12.2 Å². The number of hydrogen-bond acceptors (Lipinski definition) is 4. The molecule has 1 saturated heterocycles. The van der Waals surface area contributed by atoms with E-state index in [9.17, 15) is 13.2 Å². The molecule has 1 aliphatic carbocycles. The lowest BCUT2D eigenvalue weighted by Crippen LogP contribution is -2.26. The normalized spacial score (nSPS) is 23.8. The first kappa shape index (κ1) is 19.5. The van der Waals surface area contributed by atoms with E-state index in [0.717, 1.165) is 13.1 Å². The van der Waals surface area contributed by atoms with Gasteiger partial charge in [0, 0.05) is 32.4 Å². The Morgan fingerprint density at radius 1 is 1.07 bits per heavy atom. The zero-order chi connectivity index (χ0) is 20.9. The second kappa shape index (κ2) is 7.35. The number of pyridine rings is 1. The van der Waals surface area contributed by atoms with E-state index in [1.54, 1.807) is 12.3 Å². The van der Waals surface area contributed by atoms with E-state index in [1.165, 1.54) is 9.96 Å². The summed E-state index contributed by atoms with van der Waals surface area (Å²) in [5.41, 5.74) is 0.749. The molecule has 158 valence electrons. The Hall–Kier alpha value is -2.45. The number of benzene rings is 1. The third-order valence-corrected chi connectivity index (χ3v) is 6.30. The van der Waals surface area contributed by atoms with Crippen LogP contribution < -0.4 is 0 Å². The van der Waals surface area contributed by atoms with Crippen molar-refractivity contribution < 1.29 is 17.9 Å². The molecule has 0 radical (unpaired) electrons. The summed E-state index contributed by atoms with van der Waals surface area (Å²) in [4.78, 5) is 2.13. The maximum atomic E-state index is 14.0. The molecule has 3 aromatic rings. The van der Waals surface area contributed by atoms with Crippen LogP contribution in [0, 0.1) is 11.8 Å². The van der Waals surface area contributed by atoms with Gasteiger partial charge < -0.3 is 4.74 Å². The highest BCUT2D eigenvalue weighted by atomic mass is 19.4. The van der Waals surface area contributed by atoms with Crippen LogP contribution in [-0.4, -0.2) is 39.2 Å². The van der Waals surface area contributed by atoms with Crippen molar-refractivity contribution in [3.63, 3.8) is 0 Å². The van der Waals surface area contributed by atoms with Crippen molar-refractivity contribution in [3.05, 3.63) is 65.1 Å². The zero-order valence-electron chi connectivity index (χ0n) is 16.6. The molecule has 1 aliphatic heterocycles. The van der Waals surface area contributed by atoms with E-state index in [-0.39, 0.29) is 24.4 Å². The van der Waals surface area contributed by atoms with Gasteiger partial charge in [0.25, 0.3) is 0 Å². The lowest BCUT2D eigenvalue weighted by molar-refractivity contribution is -0.137. The van der Waals surface area contributed by atoms with Gasteiger partial charge in [-0.15, -0.1) is 10.2 Å². The molecular formula is C22H23F3N4O. The number of hydrogen-bond donors (Lipinski definition) is 0. The molecule has 1 aromatic carbocycles. The van der Waals surface area contributed by atoms with Gasteiger partial charge in [0.2, 0.25) is 0 Å². The van der Waals surface area contributed by atoms with Crippen LogP contribution in [0.5, 0.6) is 0 Å². The quantitative estimate of drug-likeness (QED) is 0.606. The first-order valence-electron chi connectivity index (χ1n) is 10.2. The number of rotatable bonds is 6. The molecule has 5 rings (SSSR count). The molecule has 0 N–H and O–H groups in total. The van der Waals surface area contributed by atoms with Crippen molar-refractivity contribution in [3.8, 4) is 0 Å². The lowest BCUT2D eigenvalue weighted by atomic mass is 10.1. The Kier molecular flexibility index (Phi) is 4.78. The predicted octanol–water partition coefficient (Wildman–Crippen LogP) is 4.13. The maximum Gasteiger partial charge on any atom is 0.420 e. The summed E-state index contributed by atoms with van der Waals surface area (Å²) in [6, 6.07) is 11.9. The lowest BCUT2D eigenvalue weighted by Gasteiger charge is -2.22. The minimum atomic E-state index is -4.50. The van der Waals surface area contributed by atoms with Crippen molar-refractivity contribution in [2.24, 2.45) is 11.8 Å². The number of nitrogens with zero attached hydrogens (tertiary/aromatic N) is 4. The third kappa shape index (κ3) is 3.37. The van der Waals surface area contributed by atoms with Crippen molar-refractivity contribution in [1.29, 1.82) is 0 Å². The molecule has 0 bridgehead atoms. The molecule has 0 amide bonds. The first-order chi connectivity index (χ1) is 14.5. The van der Waals surface area contributed by atoms with Crippen LogP contribution in [0.4, 0.5) is 13.2 Å². The fourth-order valence-electron chi connectivity index (χ4n) is 4.93. The molecule has 1 saturated carbocycles. The molecule has 2 fully saturated rings. The van der Waals surface area contributed by atoms with E-state index in [4.69, 9.17) is 4.74 Å². The fourth-order valence-corrected chi connectivity index (χ4v) is 4.93. The Balaban J connectivity index is 1.36. The van der Waals surface area contributed by atoms with E-state index in [2.05, 4.69) is 27.2 Å². The van der Waals surface area contributed by atoms with Crippen LogP contribution >= 0.6 is 0 Å². The summed E-state index contributed by atoms with van der Waals surface area (Å²) in [5.74, 6) is 1.99. The average Bonchev–Trinajstić information content (AvgIpc) is 3.04. The minimum absolute atomic E-state index is 0.130. The number of likely N-dealkylation sites (tertiary alicyclic amines) is 1. The van der Waals surface area contributed by atoms with E-state index in [0.29, 0.717) is 30.2 Å². The maximum absolute atomic E-state index is 14.0. The average molecular weight is 416 g/mol. The SMILES string of the molecule is CCOCc1nnc2c(C(F)(F)F)c(CN3C[C@@H]4[C@H](C3)[C@H]4c3ccccc3)ccn12. The van der Waals surface area contributed by atoms with Crippen LogP contribution in [-0.2, 0) is 24.1 Å². The number of fused-ring (bicyclic) bond motifs is 2. The van der Waals surface area contributed by atoms with Crippen molar-refractivity contribution >= 4 is 5.65 Å². The Morgan fingerprint density at radius 2 is 1.80 bits per heavy atom. The fraction of sp³-hybridized carbons (Fsp3) is 0.455. The first-order valence-corrected chi connectivity index (χ1v) is 10.2. The molecule has 30 heavy (non-hydrogen) atoms. The number of aromatic nitrogens is 3. The monoisotopic (exact) mass is 416 g/mol. The number of halogens is 3. The van der Waals surface area contributed by atoms with Gasteiger partial charge in [-0.1, -0.05) is 30.3 Å². The molecule has 2 aliphatic rings. The van der Waals surface area contributed by atoms with Gasteiger partial charge in [-0.05, 0) is 41.9 Å². The Bertz CT molecular complexity index is 1040. The highest BCUT2D eigenvalue weighted by molar-refractivity contribution is 5.53. The molecule has 8 heteroatoms. The third-order valence-electron chi connectivity index (χ3n) is 6.30. The standard InChI is InChI=1S/C22H23F3N4O/c1-2-30-13-18-26-27-21-20(22(23,24)25)15(8-9-29(18)21)10-28-11-16-17(12-28)19(16)14-6-4-3-5-7-14/h3-9,16-17,19H,2,10-13H2,1H3/t16-,17+,19+. The number of ether oxygens (including phenoxy) is 1. The second-order valence-corrected chi connectivity index (χ2v) is 8.12. The summed E-state index contributed by atoms with van der Waals surface area (Å²) < 4.78 is 48.5. The molecular weight excluding hydrogens is 393 g/mol. The van der Waals surface area contributed by atoms with Gasteiger partial charge in [-0.25, -0.2) is 0 Å². The Labute approximate surface area is 172 Å². The van der Waals surface area contributed by atoms with Crippen molar-refractivity contribution in [2.45, 2.75) is 32.2 Å². The number of piperidine rings is 1. The molecule has 5 nitrogen and oxygen atoms in total. The Morgan fingerprint density at radius 3 is 2.47 bits per heavy atom. The summed E-state index contributed by atoms with van der Waals surface area (Å²) in [6.07, 6.45) is -2.87. The van der Waals surface area contributed by atoms with Gasteiger partial charge >= 0.3 is 6.18 Å². The molecule has 3 heterocycles. The second-order valence-electron chi connectivity index (χ2n) is 8.12. The predicted molar refractivity (Wildman–Crippen MR) is 105 cm³/mol. The largest absolute Gasteiger partial charge is 0.420 e. The molecule has 2 aromatic heterocycles. The highest BCUT2D eigenvalue weighted by Crippen LogP contribution is 2.58. The summed E-state index contributed by atoms with van der Waals surface area (Å²) in [5, 5.41) is 7.76. The van der Waals surface area contributed by atoms with Gasteiger partial charge in [0.05, 0.1) is 0 Å². The smallest absolute Gasteiger partial charge is 0.374 e. The molecule has 0 unspecified atom stereocenters. The van der Waals surface area contributed by atoms with Gasteiger partial charge in [0.15, 0.2) is 11.5 Å². The van der Waals surface area contributed by atoms with Crippen LogP contribution in [0.3, 0.4) is 0 Å². The number of alkyl halides is 3. The minimum Gasteiger partial charge on any atom is -0.374 e. The topological polar surface area (TPSA) is 42.7 Å². The highest BCUT2D eigenvalue weighted by Gasteiger charge is 2.56. The summed E-state index contributed by atoms with van der Waals surface area (Å²) >= 11 is 0. The summed E-state index contributed by atoms with van der Waals surface area (Å²) in [6.45, 7) is 4.34. The molecule has 3 atom stereocenters. The van der Waals surface area contributed by atoms with Crippen LogP contribution in [0.1, 0.15) is 35.4 Å².